The van der Waals surface area contributed by atoms with Gasteiger partial charge in [0.1, 0.15) is 17.0 Å². The van der Waals surface area contributed by atoms with E-state index in [9.17, 15) is 0 Å². The van der Waals surface area contributed by atoms with Gasteiger partial charge in [0.15, 0.2) is 11.4 Å². The van der Waals surface area contributed by atoms with E-state index in [1.54, 1.807) is 31.0 Å². The Morgan fingerprint density at radius 1 is 1.09 bits per heavy atom. The summed E-state index contributed by atoms with van der Waals surface area (Å²) in [5.74, 6) is 1.96. The molecule has 0 bridgehead atoms. The molecule has 1 aromatic carbocycles. The standard InChI is InChI=1S/C16H13N3O3/c1-20-12-4-3-5-13-10(12)8-14(22-13)11-9-17-15-6-7-16(21-2)18-19(11)15/h3-9H,1-2H3. The van der Waals surface area contributed by atoms with Crippen LogP contribution in [0.15, 0.2) is 47.0 Å². The van der Waals surface area contributed by atoms with E-state index >= 15 is 0 Å². The number of rotatable bonds is 3. The second kappa shape index (κ2) is 4.77. The lowest BCUT2D eigenvalue weighted by Crippen LogP contribution is -1.96. The number of nitrogens with zero attached hydrogens (tertiary/aromatic N) is 3. The summed E-state index contributed by atoms with van der Waals surface area (Å²) in [6.07, 6.45) is 1.73. The van der Waals surface area contributed by atoms with Gasteiger partial charge in [-0.25, -0.2) is 9.50 Å². The van der Waals surface area contributed by atoms with Crippen molar-refractivity contribution in [2.45, 2.75) is 0 Å². The summed E-state index contributed by atoms with van der Waals surface area (Å²) in [5, 5.41) is 5.30. The molecular formula is C16H13N3O3. The number of fused-ring (bicyclic) bond motifs is 2. The molecule has 4 aromatic rings. The minimum Gasteiger partial charge on any atom is -0.496 e. The maximum absolute atomic E-state index is 5.91. The molecule has 0 saturated carbocycles. The van der Waals surface area contributed by atoms with Gasteiger partial charge in [-0.2, -0.15) is 0 Å². The fraction of sp³-hybridized carbons (Fsp3) is 0.125. The van der Waals surface area contributed by atoms with Crippen molar-refractivity contribution in [3.63, 3.8) is 0 Å². The molecule has 0 atom stereocenters. The lowest BCUT2D eigenvalue weighted by atomic mass is 10.2. The molecule has 3 heterocycles. The van der Waals surface area contributed by atoms with Gasteiger partial charge in [-0.05, 0) is 24.3 Å². The second-order valence-electron chi connectivity index (χ2n) is 4.77. The lowest BCUT2D eigenvalue weighted by Gasteiger charge is -2.00. The summed E-state index contributed by atoms with van der Waals surface area (Å²) in [6.45, 7) is 0. The SMILES string of the molecule is COc1ccc2ncc(-c3cc4c(OC)cccc4o3)n2n1. The smallest absolute Gasteiger partial charge is 0.231 e. The Balaban J connectivity index is 1.95. The first-order chi connectivity index (χ1) is 10.8. The first kappa shape index (κ1) is 12.7. The highest BCUT2D eigenvalue weighted by Gasteiger charge is 2.14. The molecule has 110 valence electrons. The van der Waals surface area contributed by atoms with E-state index in [-0.39, 0.29) is 0 Å². The third kappa shape index (κ3) is 1.81. The molecule has 0 N–H and O–H groups in total. The third-order valence-corrected chi connectivity index (χ3v) is 3.54. The van der Waals surface area contributed by atoms with Crippen LogP contribution in [0.2, 0.25) is 0 Å². The van der Waals surface area contributed by atoms with Gasteiger partial charge in [0.05, 0.1) is 25.8 Å². The fourth-order valence-corrected chi connectivity index (χ4v) is 2.47. The van der Waals surface area contributed by atoms with Gasteiger partial charge >= 0.3 is 0 Å². The van der Waals surface area contributed by atoms with Crippen LogP contribution in [0, 0.1) is 0 Å². The van der Waals surface area contributed by atoms with Crippen molar-refractivity contribution in [3.05, 3.63) is 42.6 Å². The number of methoxy groups -OCH3 is 2. The fourth-order valence-electron chi connectivity index (χ4n) is 2.47. The highest BCUT2D eigenvalue weighted by Crippen LogP contribution is 2.33. The maximum Gasteiger partial charge on any atom is 0.231 e. The minimum absolute atomic E-state index is 0.514. The Bertz CT molecular complexity index is 971. The van der Waals surface area contributed by atoms with Gasteiger partial charge in [-0.15, -0.1) is 5.10 Å². The molecule has 6 heteroatoms. The molecule has 3 aromatic heterocycles. The summed E-state index contributed by atoms with van der Waals surface area (Å²) in [5.41, 5.74) is 2.24. The molecule has 0 saturated heterocycles. The van der Waals surface area contributed by atoms with Gasteiger partial charge in [0.25, 0.3) is 0 Å². The van der Waals surface area contributed by atoms with Crippen LogP contribution in [-0.2, 0) is 0 Å². The topological polar surface area (TPSA) is 61.8 Å². The van der Waals surface area contributed by atoms with Crippen molar-refractivity contribution in [1.82, 2.24) is 14.6 Å². The van der Waals surface area contributed by atoms with E-state index in [1.165, 1.54) is 0 Å². The summed E-state index contributed by atoms with van der Waals surface area (Å²) in [4.78, 5) is 4.34. The summed E-state index contributed by atoms with van der Waals surface area (Å²) >= 11 is 0. The molecule has 4 rings (SSSR count). The van der Waals surface area contributed by atoms with Gasteiger partial charge < -0.3 is 13.9 Å². The first-order valence-electron chi connectivity index (χ1n) is 6.76. The van der Waals surface area contributed by atoms with Crippen molar-refractivity contribution in [2.24, 2.45) is 0 Å². The predicted octanol–water partition coefficient (Wildman–Crippen LogP) is 3.16. The van der Waals surface area contributed by atoms with Gasteiger partial charge in [-0.1, -0.05) is 6.07 Å². The zero-order valence-corrected chi connectivity index (χ0v) is 12.1. The van der Waals surface area contributed by atoms with Crippen LogP contribution in [0.4, 0.5) is 0 Å². The summed E-state index contributed by atoms with van der Waals surface area (Å²) in [7, 11) is 3.22. The second-order valence-corrected chi connectivity index (χ2v) is 4.77. The Morgan fingerprint density at radius 2 is 2.00 bits per heavy atom. The van der Waals surface area contributed by atoms with Crippen LogP contribution in [0.1, 0.15) is 0 Å². The van der Waals surface area contributed by atoms with Crippen molar-refractivity contribution in [1.29, 1.82) is 0 Å². The highest BCUT2D eigenvalue weighted by molar-refractivity contribution is 5.88. The lowest BCUT2D eigenvalue weighted by molar-refractivity contribution is 0.390. The van der Waals surface area contributed by atoms with E-state index in [0.29, 0.717) is 11.6 Å². The average molecular weight is 295 g/mol. The van der Waals surface area contributed by atoms with Crippen LogP contribution >= 0.6 is 0 Å². The zero-order valence-electron chi connectivity index (χ0n) is 12.1. The predicted molar refractivity (Wildman–Crippen MR) is 81.3 cm³/mol. The molecule has 0 aliphatic heterocycles. The molecule has 0 fully saturated rings. The minimum atomic E-state index is 0.514. The van der Waals surface area contributed by atoms with Crippen LogP contribution < -0.4 is 9.47 Å². The van der Waals surface area contributed by atoms with E-state index in [1.807, 2.05) is 30.3 Å². The highest BCUT2D eigenvalue weighted by atomic mass is 16.5. The Labute approximate surface area is 125 Å². The number of hydrogen-bond donors (Lipinski definition) is 0. The molecule has 22 heavy (non-hydrogen) atoms. The van der Waals surface area contributed by atoms with E-state index in [2.05, 4.69) is 10.1 Å². The maximum atomic E-state index is 5.91. The van der Waals surface area contributed by atoms with Crippen molar-refractivity contribution in [2.75, 3.05) is 14.2 Å². The number of imidazole rings is 1. The normalized spacial score (nSPS) is 11.2. The molecule has 0 aliphatic carbocycles. The Kier molecular flexibility index (Phi) is 2.75. The van der Waals surface area contributed by atoms with E-state index < -0.39 is 0 Å². The van der Waals surface area contributed by atoms with Gasteiger partial charge in [0.2, 0.25) is 5.88 Å². The van der Waals surface area contributed by atoms with Gasteiger partial charge in [-0.3, -0.25) is 0 Å². The van der Waals surface area contributed by atoms with E-state index in [0.717, 1.165) is 28.1 Å². The molecule has 6 nitrogen and oxygen atoms in total. The van der Waals surface area contributed by atoms with Gasteiger partial charge in [0, 0.05) is 6.07 Å². The molecule has 0 aliphatic rings. The molecule has 0 unspecified atom stereocenters. The molecule has 0 amide bonds. The largest absolute Gasteiger partial charge is 0.496 e. The van der Waals surface area contributed by atoms with Crippen LogP contribution in [-0.4, -0.2) is 28.8 Å². The molecule has 0 radical (unpaired) electrons. The number of hydrogen-bond acceptors (Lipinski definition) is 5. The number of ether oxygens (including phenoxy) is 2. The number of benzene rings is 1. The first-order valence-corrected chi connectivity index (χ1v) is 6.76. The monoisotopic (exact) mass is 295 g/mol. The van der Waals surface area contributed by atoms with Crippen LogP contribution in [0.5, 0.6) is 11.6 Å². The molecular weight excluding hydrogens is 282 g/mol. The average Bonchev–Trinajstić information content (AvgIpc) is 3.16. The van der Waals surface area contributed by atoms with Crippen molar-refractivity contribution >= 4 is 16.6 Å². The zero-order chi connectivity index (χ0) is 15.1. The Hall–Kier alpha value is -3.02. The Morgan fingerprint density at radius 3 is 2.82 bits per heavy atom. The van der Waals surface area contributed by atoms with Crippen molar-refractivity contribution < 1.29 is 13.9 Å². The van der Waals surface area contributed by atoms with Crippen LogP contribution in [0.3, 0.4) is 0 Å². The summed E-state index contributed by atoms with van der Waals surface area (Å²) < 4.78 is 18.1. The summed E-state index contributed by atoms with van der Waals surface area (Å²) in [6, 6.07) is 11.2. The quantitative estimate of drug-likeness (QED) is 0.581. The van der Waals surface area contributed by atoms with Crippen LogP contribution in [0.25, 0.3) is 28.1 Å². The van der Waals surface area contributed by atoms with Crippen molar-refractivity contribution in [3.8, 4) is 23.1 Å². The molecule has 0 spiro atoms. The third-order valence-electron chi connectivity index (χ3n) is 3.54. The number of aromatic nitrogens is 3. The number of furan rings is 1. The van der Waals surface area contributed by atoms with E-state index in [4.69, 9.17) is 13.9 Å².